The van der Waals surface area contributed by atoms with Gasteiger partial charge in [-0.25, -0.2) is 0 Å². The fourth-order valence-corrected chi connectivity index (χ4v) is 6.89. The molecule has 128 valence electrons. The second kappa shape index (κ2) is 5.05. The van der Waals surface area contributed by atoms with Crippen molar-refractivity contribution < 1.29 is 14.8 Å². The zero-order valence-corrected chi connectivity index (χ0v) is 14.4. The number of imide groups is 1. The van der Waals surface area contributed by atoms with Crippen molar-refractivity contribution in [1.29, 1.82) is 0 Å². The van der Waals surface area contributed by atoms with Crippen molar-refractivity contribution in [3.8, 4) is 0 Å². The molecule has 23 heavy (non-hydrogen) atoms. The van der Waals surface area contributed by atoms with E-state index in [1.807, 2.05) is 6.92 Å². The van der Waals surface area contributed by atoms with E-state index in [2.05, 4.69) is 6.92 Å². The third kappa shape index (κ3) is 2.00. The van der Waals surface area contributed by atoms with E-state index in [1.54, 1.807) is 0 Å². The molecule has 1 heterocycles. The first-order chi connectivity index (χ1) is 10.9. The molecule has 4 aliphatic rings. The Morgan fingerprint density at radius 1 is 1.00 bits per heavy atom. The third-order valence-corrected chi connectivity index (χ3v) is 8.28. The Morgan fingerprint density at radius 2 is 1.78 bits per heavy atom. The van der Waals surface area contributed by atoms with Crippen LogP contribution in [0.2, 0.25) is 0 Å². The second-order valence-electron chi connectivity index (χ2n) is 9.07. The van der Waals surface area contributed by atoms with Crippen LogP contribution in [-0.2, 0) is 9.59 Å². The smallest absolute Gasteiger partial charge is 0.259 e. The van der Waals surface area contributed by atoms with Crippen molar-refractivity contribution in [2.75, 3.05) is 0 Å². The number of hydrogen-bond acceptors (Lipinski definition) is 3. The minimum Gasteiger partial charge on any atom is -0.278 e. The normalized spacial score (nSPS) is 50.1. The predicted octanol–water partition coefficient (Wildman–Crippen LogP) is 3.77. The van der Waals surface area contributed by atoms with Crippen molar-refractivity contribution in [2.24, 2.45) is 34.5 Å². The van der Waals surface area contributed by atoms with E-state index in [0.717, 1.165) is 25.2 Å². The Bertz CT molecular complexity index is 547. The van der Waals surface area contributed by atoms with Crippen molar-refractivity contribution in [3.63, 3.8) is 0 Å². The van der Waals surface area contributed by atoms with Crippen molar-refractivity contribution in [2.45, 2.75) is 71.6 Å². The van der Waals surface area contributed by atoms with Gasteiger partial charge in [-0.3, -0.25) is 14.8 Å². The van der Waals surface area contributed by atoms with Gasteiger partial charge in [-0.2, -0.15) is 5.06 Å². The molecule has 0 spiro atoms. The summed E-state index contributed by atoms with van der Waals surface area (Å²) in [4.78, 5) is 24.7. The molecule has 4 rings (SSSR count). The summed E-state index contributed by atoms with van der Waals surface area (Å²) < 4.78 is 0. The summed E-state index contributed by atoms with van der Waals surface area (Å²) >= 11 is 0. The van der Waals surface area contributed by atoms with Crippen LogP contribution in [0.1, 0.15) is 71.6 Å². The van der Waals surface area contributed by atoms with Gasteiger partial charge in [-0.1, -0.05) is 26.7 Å². The highest BCUT2D eigenvalue weighted by Gasteiger charge is 2.61. The zero-order valence-electron chi connectivity index (χ0n) is 14.4. The molecule has 4 nitrogen and oxygen atoms in total. The lowest BCUT2D eigenvalue weighted by Gasteiger charge is -2.61. The van der Waals surface area contributed by atoms with Crippen LogP contribution in [0.4, 0.5) is 0 Å². The first-order valence-electron chi connectivity index (χ1n) is 9.44. The van der Waals surface area contributed by atoms with Gasteiger partial charge in [-0.15, -0.1) is 0 Å². The molecule has 1 saturated heterocycles. The maximum atomic E-state index is 12.6. The Morgan fingerprint density at radius 3 is 2.57 bits per heavy atom. The van der Waals surface area contributed by atoms with Crippen LogP contribution in [0, 0.1) is 34.5 Å². The molecular formula is C19H29NO3. The van der Waals surface area contributed by atoms with Gasteiger partial charge < -0.3 is 0 Å². The minimum atomic E-state index is -0.540. The molecule has 0 aromatic rings. The molecule has 0 aromatic carbocycles. The average molecular weight is 319 g/mol. The van der Waals surface area contributed by atoms with Crippen LogP contribution in [0.25, 0.3) is 0 Å². The number of fused-ring (bicyclic) bond motifs is 5. The van der Waals surface area contributed by atoms with E-state index >= 15 is 0 Å². The number of carbonyl (C=O) groups excluding carboxylic acids is 2. The highest BCUT2D eigenvalue weighted by Crippen LogP contribution is 2.64. The number of rotatable bonds is 0. The first kappa shape index (κ1) is 15.6. The predicted molar refractivity (Wildman–Crippen MR) is 85.4 cm³/mol. The molecule has 0 radical (unpaired) electrons. The molecule has 3 saturated carbocycles. The Kier molecular flexibility index (Phi) is 3.43. The van der Waals surface area contributed by atoms with Crippen molar-refractivity contribution >= 4 is 11.8 Å². The lowest BCUT2D eigenvalue weighted by atomic mass is 9.44. The first-order valence-corrected chi connectivity index (χ1v) is 9.44. The number of hydrogen-bond donors (Lipinski definition) is 1. The Labute approximate surface area is 138 Å². The fraction of sp³-hybridized carbons (Fsp3) is 0.895. The standard InChI is InChI=1S/C19H29NO3/c1-18-9-4-3-5-12(18)6-7-13-14(18)8-10-19(2)15(13)11-16(21)20(23)17(19)22/h12-15,23H,3-11H2,1-2H3/t12-,13-,14-,15+,18+,19+/m1/s1. The highest BCUT2D eigenvalue weighted by molar-refractivity contribution is 5.99. The maximum absolute atomic E-state index is 12.6. The molecular weight excluding hydrogens is 290 g/mol. The SMILES string of the molecule is C[C@]12CCCC[C@@H]1CC[C@@H]1[C@H]2CC[C@]2(C)C(=O)N(O)C(=O)C[C@@H]12. The molecule has 0 bridgehead atoms. The number of amides is 2. The van der Waals surface area contributed by atoms with E-state index < -0.39 is 11.3 Å². The van der Waals surface area contributed by atoms with E-state index in [9.17, 15) is 14.8 Å². The Balaban J connectivity index is 1.68. The van der Waals surface area contributed by atoms with Gasteiger partial charge in [0, 0.05) is 6.42 Å². The van der Waals surface area contributed by atoms with E-state index in [4.69, 9.17) is 0 Å². The summed E-state index contributed by atoms with van der Waals surface area (Å²) in [6.45, 7) is 4.47. The minimum absolute atomic E-state index is 0.129. The molecule has 2 amide bonds. The largest absolute Gasteiger partial charge is 0.278 e. The lowest BCUT2D eigenvalue weighted by molar-refractivity contribution is -0.210. The van der Waals surface area contributed by atoms with E-state index in [-0.39, 0.29) is 11.8 Å². The molecule has 0 aromatic heterocycles. The summed E-state index contributed by atoms with van der Waals surface area (Å²) in [7, 11) is 0. The fourth-order valence-electron chi connectivity index (χ4n) is 6.89. The average Bonchev–Trinajstić information content (AvgIpc) is 2.54. The third-order valence-electron chi connectivity index (χ3n) is 8.28. The molecule has 0 unspecified atom stereocenters. The van der Waals surface area contributed by atoms with E-state index in [1.165, 1.54) is 32.1 Å². The summed E-state index contributed by atoms with van der Waals surface area (Å²) in [5.41, 5.74) is -0.132. The van der Waals surface area contributed by atoms with Gasteiger partial charge in [0.15, 0.2) is 0 Å². The van der Waals surface area contributed by atoms with Crippen LogP contribution in [0.15, 0.2) is 0 Å². The molecule has 6 atom stereocenters. The van der Waals surface area contributed by atoms with Gasteiger partial charge >= 0.3 is 0 Å². The summed E-state index contributed by atoms with van der Waals surface area (Å²) in [6.07, 6.45) is 10.1. The van der Waals surface area contributed by atoms with Crippen molar-refractivity contribution in [3.05, 3.63) is 0 Å². The molecule has 4 heteroatoms. The van der Waals surface area contributed by atoms with Crippen LogP contribution < -0.4 is 0 Å². The van der Waals surface area contributed by atoms with E-state index in [0.29, 0.717) is 28.7 Å². The van der Waals surface area contributed by atoms with Crippen LogP contribution in [0.5, 0.6) is 0 Å². The van der Waals surface area contributed by atoms with Crippen LogP contribution in [0.3, 0.4) is 0 Å². The highest BCUT2D eigenvalue weighted by atomic mass is 16.5. The van der Waals surface area contributed by atoms with Crippen molar-refractivity contribution in [1.82, 2.24) is 5.06 Å². The maximum Gasteiger partial charge on any atom is 0.259 e. The van der Waals surface area contributed by atoms with Gasteiger partial charge in [0.25, 0.3) is 11.8 Å². The van der Waals surface area contributed by atoms with Crippen LogP contribution in [-0.4, -0.2) is 22.1 Å². The number of hydroxylamine groups is 2. The number of piperidine rings is 1. The number of carbonyl (C=O) groups is 2. The second-order valence-corrected chi connectivity index (χ2v) is 9.07. The Hall–Kier alpha value is -0.900. The topological polar surface area (TPSA) is 57.6 Å². The summed E-state index contributed by atoms with van der Waals surface area (Å²) in [6, 6.07) is 0. The molecule has 1 N–H and O–H groups in total. The van der Waals surface area contributed by atoms with Gasteiger partial charge in [0.2, 0.25) is 0 Å². The van der Waals surface area contributed by atoms with Gasteiger partial charge in [0.1, 0.15) is 0 Å². The molecule has 3 aliphatic carbocycles. The summed E-state index contributed by atoms with van der Waals surface area (Å²) in [5.74, 6) is 1.36. The van der Waals surface area contributed by atoms with Gasteiger partial charge in [-0.05, 0) is 67.6 Å². The van der Waals surface area contributed by atoms with Gasteiger partial charge in [0.05, 0.1) is 5.41 Å². The molecule has 1 aliphatic heterocycles. The quantitative estimate of drug-likeness (QED) is 0.546. The molecule has 4 fully saturated rings. The summed E-state index contributed by atoms with van der Waals surface area (Å²) in [5, 5.41) is 10.2. The zero-order chi connectivity index (χ0) is 16.4. The van der Waals surface area contributed by atoms with Crippen LogP contribution >= 0.6 is 0 Å². The monoisotopic (exact) mass is 319 g/mol. The number of nitrogens with zero attached hydrogens (tertiary/aromatic N) is 1. The lowest BCUT2D eigenvalue weighted by Crippen LogP contribution is -2.61.